The van der Waals surface area contributed by atoms with Crippen LogP contribution in [0.2, 0.25) is 0 Å². The van der Waals surface area contributed by atoms with Crippen molar-refractivity contribution in [2.45, 2.75) is 5.60 Å². The number of methoxy groups -OCH3 is 1. The number of benzene rings is 5. The number of hydrogen-bond donors (Lipinski definition) is 0. The zero-order chi connectivity index (χ0) is 26.8. The molecule has 0 saturated heterocycles. The van der Waals surface area contributed by atoms with Crippen LogP contribution in [0, 0.1) is 0 Å². The molecule has 192 valence electrons. The van der Waals surface area contributed by atoms with E-state index in [1.54, 1.807) is 0 Å². The molecule has 5 aromatic carbocycles. The minimum absolute atomic E-state index is 0.462. The van der Waals surface area contributed by atoms with E-state index in [2.05, 4.69) is 42.5 Å². The molecule has 0 aliphatic carbocycles. The van der Waals surface area contributed by atoms with Crippen molar-refractivity contribution < 1.29 is 14.1 Å². The summed E-state index contributed by atoms with van der Waals surface area (Å²) in [5.74, 6) is -0.462. The second-order valence-electron chi connectivity index (χ2n) is 9.62. The van der Waals surface area contributed by atoms with Crippen LogP contribution in [0.3, 0.4) is 0 Å². The van der Waals surface area contributed by atoms with Crippen molar-refractivity contribution in [3.8, 4) is 0 Å². The Balaban J connectivity index is 1.81. The molecule has 1 unspecified atom stereocenters. The first-order valence-corrected chi connectivity index (χ1v) is 15.1. The van der Waals surface area contributed by atoms with Crippen LogP contribution >= 0.6 is 6.83 Å². The Morgan fingerprint density at radius 1 is 0.641 bits per heavy atom. The third-order valence-corrected chi connectivity index (χ3v) is 13.4. The molecule has 1 heterocycles. The van der Waals surface area contributed by atoms with Crippen molar-refractivity contribution in [3.63, 3.8) is 0 Å². The summed E-state index contributed by atoms with van der Waals surface area (Å²) >= 11 is 0. The fraction of sp³-hybridized carbons (Fsp3) is 0.0571. The van der Waals surface area contributed by atoms with Gasteiger partial charge in [-0.05, 0) is 0 Å². The average molecular weight is 529 g/mol. The molecule has 0 fully saturated rings. The monoisotopic (exact) mass is 528 g/mol. The molecular weight excluding hydrogens is 499 g/mol. The summed E-state index contributed by atoms with van der Waals surface area (Å²) < 4.78 is 13.2. The van der Waals surface area contributed by atoms with Crippen LogP contribution in [0.15, 0.2) is 152 Å². The standard InChI is InChI=1S/C35H29O3P/c1-37-34(36)35(27-26-28-16-6-2-7-17-28)32-24-14-15-25-33(32)39(38-35,29-18-8-3-9-19-29,30-20-10-4-11-21-30)31-22-12-5-13-23-31/h2-27H,1H3/b27-26+. The zero-order valence-electron chi connectivity index (χ0n) is 21.7. The molecule has 4 heteroatoms. The van der Waals surface area contributed by atoms with E-state index in [1.165, 1.54) is 7.11 Å². The molecule has 0 spiro atoms. The van der Waals surface area contributed by atoms with Gasteiger partial charge in [-0.15, -0.1) is 0 Å². The predicted molar refractivity (Wildman–Crippen MR) is 161 cm³/mol. The number of carbonyl (C=O) groups excluding carboxylic acids is 1. The summed E-state index contributed by atoms with van der Waals surface area (Å²) in [5, 5.41) is 4.06. The van der Waals surface area contributed by atoms with Crippen LogP contribution in [-0.2, 0) is 19.7 Å². The Kier molecular flexibility index (Phi) is 6.27. The zero-order valence-corrected chi connectivity index (χ0v) is 22.6. The van der Waals surface area contributed by atoms with Gasteiger partial charge in [0, 0.05) is 0 Å². The van der Waals surface area contributed by atoms with Crippen LogP contribution in [0.1, 0.15) is 11.1 Å². The average Bonchev–Trinajstić information content (AvgIpc) is 3.31. The first kappa shape index (κ1) is 25.0. The molecule has 5 aromatic rings. The van der Waals surface area contributed by atoms with E-state index in [-0.39, 0.29) is 0 Å². The Bertz CT molecular complexity index is 1530. The van der Waals surface area contributed by atoms with Gasteiger partial charge in [-0.2, -0.15) is 0 Å². The third kappa shape index (κ3) is 3.55. The van der Waals surface area contributed by atoms with Crippen molar-refractivity contribution in [3.05, 3.63) is 163 Å². The summed E-state index contributed by atoms with van der Waals surface area (Å²) in [6.45, 7) is -3.97. The molecule has 0 aromatic heterocycles. The number of rotatable bonds is 6. The van der Waals surface area contributed by atoms with Crippen molar-refractivity contribution in [2.75, 3.05) is 7.11 Å². The summed E-state index contributed by atoms with van der Waals surface area (Å²) in [7, 11) is 1.42. The van der Waals surface area contributed by atoms with Gasteiger partial charge in [0.05, 0.1) is 0 Å². The van der Waals surface area contributed by atoms with Gasteiger partial charge in [0.15, 0.2) is 0 Å². The number of ether oxygens (including phenoxy) is 1. The molecule has 1 aliphatic rings. The normalized spacial score (nSPS) is 20.0. The topological polar surface area (TPSA) is 35.5 Å². The first-order valence-electron chi connectivity index (χ1n) is 13.0. The Morgan fingerprint density at radius 3 is 1.56 bits per heavy atom. The van der Waals surface area contributed by atoms with E-state index in [0.717, 1.165) is 32.3 Å². The minimum atomic E-state index is -3.97. The fourth-order valence-corrected chi connectivity index (χ4v) is 12.2. The van der Waals surface area contributed by atoms with Crippen molar-refractivity contribution in [1.29, 1.82) is 0 Å². The van der Waals surface area contributed by atoms with Crippen molar-refractivity contribution in [1.82, 2.24) is 0 Å². The van der Waals surface area contributed by atoms with Crippen molar-refractivity contribution >= 4 is 40.1 Å². The van der Waals surface area contributed by atoms with Gasteiger partial charge in [-0.3, -0.25) is 0 Å². The van der Waals surface area contributed by atoms with Gasteiger partial charge >= 0.3 is 230 Å². The van der Waals surface area contributed by atoms with E-state index in [1.807, 2.05) is 115 Å². The van der Waals surface area contributed by atoms with Crippen LogP contribution in [0.4, 0.5) is 0 Å². The van der Waals surface area contributed by atoms with Gasteiger partial charge in [-0.25, -0.2) is 0 Å². The maximum atomic E-state index is 14.1. The van der Waals surface area contributed by atoms with E-state index < -0.39 is 18.4 Å². The molecule has 6 rings (SSSR count). The molecule has 0 N–H and O–H groups in total. The van der Waals surface area contributed by atoms with Gasteiger partial charge in [0.1, 0.15) is 0 Å². The van der Waals surface area contributed by atoms with E-state index in [0.29, 0.717) is 0 Å². The van der Waals surface area contributed by atoms with Gasteiger partial charge in [0.2, 0.25) is 0 Å². The molecule has 0 amide bonds. The molecule has 1 aliphatic heterocycles. The predicted octanol–water partition coefficient (Wildman–Crippen LogP) is 5.87. The second kappa shape index (κ2) is 9.78. The SMILES string of the molecule is COC(=O)C1(/C=C/c2ccccc2)OP(c2ccccc2)(c2ccccc2)(c2ccccc2)c2ccccc21. The first-order chi connectivity index (χ1) is 19.2. The quantitative estimate of drug-likeness (QED) is 0.204. The maximum absolute atomic E-state index is 14.1. The van der Waals surface area contributed by atoms with Crippen LogP contribution < -0.4 is 21.2 Å². The Morgan fingerprint density at radius 2 is 1.08 bits per heavy atom. The number of fused-ring (bicyclic) bond motifs is 1. The number of esters is 1. The molecule has 3 nitrogen and oxygen atoms in total. The molecule has 1 atom stereocenters. The summed E-state index contributed by atoms with van der Waals surface area (Å²) in [4.78, 5) is 14.1. The van der Waals surface area contributed by atoms with Gasteiger partial charge < -0.3 is 0 Å². The third-order valence-electron chi connectivity index (χ3n) is 7.64. The van der Waals surface area contributed by atoms with E-state index in [4.69, 9.17) is 9.26 Å². The molecular formula is C35H29O3P. The molecule has 0 saturated carbocycles. The van der Waals surface area contributed by atoms with Crippen molar-refractivity contribution in [2.24, 2.45) is 0 Å². The second-order valence-corrected chi connectivity index (χ2v) is 13.9. The molecule has 0 radical (unpaired) electrons. The number of hydrogen-bond acceptors (Lipinski definition) is 3. The van der Waals surface area contributed by atoms with Gasteiger partial charge in [0.25, 0.3) is 0 Å². The Hall–Kier alpha value is -4.30. The Labute approximate surface area is 229 Å². The van der Waals surface area contributed by atoms with E-state index >= 15 is 0 Å². The van der Waals surface area contributed by atoms with Crippen LogP contribution in [-0.4, -0.2) is 13.1 Å². The van der Waals surface area contributed by atoms with Crippen LogP contribution in [0.5, 0.6) is 0 Å². The van der Waals surface area contributed by atoms with Crippen LogP contribution in [0.25, 0.3) is 6.08 Å². The molecule has 39 heavy (non-hydrogen) atoms. The summed E-state index contributed by atoms with van der Waals surface area (Å²) in [6, 6.07) is 49.1. The van der Waals surface area contributed by atoms with E-state index in [9.17, 15) is 4.79 Å². The summed E-state index contributed by atoms with van der Waals surface area (Å²) in [6.07, 6.45) is 3.82. The number of carbonyl (C=O) groups is 1. The van der Waals surface area contributed by atoms with Gasteiger partial charge in [-0.1, -0.05) is 0 Å². The summed E-state index contributed by atoms with van der Waals surface area (Å²) in [5.41, 5.74) is 0.270. The molecule has 0 bridgehead atoms. The fourth-order valence-electron chi connectivity index (χ4n) is 5.97.